The van der Waals surface area contributed by atoms with Crippen molar-refractivity contribution in [2.45, 2.75) is 59.8 Å². The molecule has 0 radical (unpaired) electrons. The summed E-state index contributed by atoms with van der Waals surface area (Å²) in [5, 5.41) is 0. The van der Waals surface area contributed by atoms with E-state index in [2.05, 4.69) is 38.7 Å². The summed E-state index contributed by atoms with van der Waals surface area (Å²) in [4.78, 5) is 19.9. The Hall–Kier alpha value is -1.84. The first-order chi connectivity index (χ1) is 10.8. The highest BCUT2D eigenvalue weighted by atomic mass is 16.1. The largest absolute Gasteiger partial charge is 0.364 e. The molecule has 124 valence electrons. The lowest BCUT2D eigenvalue weighted by Crippen LogP contribution is -2.27. The summed E-state index contributed by atoms with van der Waals surface area (Å²) < 4.78 is 0. The summed E-state index contributed by atoms with van der Waals surface area (Å²) in [7, 11) is 0. The minimum Gasteiger partial charge on any atom is -0.364 e. The predicted molar refractivity (Wildman–Crippen MR) is 93.6 cm³/mol. The molecule has 2 aromatic heterocycles. The van der Waals surface area contributed by atoms with Crippen molar-refractivity contribution in [1.29, 1.82) is 0 Å². The Balaban J connectivity index is 2.09. The van der Waals surface area contributed by atoms with Crippen LogP contribution in [0.1, 0.15) is 67.8 Å². The molecule has 23 heavy (non-hydrogen) atoms. The van der Waals surface area contributed by atoms with E-state index in [1.165, 1.54) is 17.7 Å². The molecule has 0 saturated carbocycles. The number of H-pyrrole nitrogens is 1. The second kappa shape index (κ2) is 5.66. The molecule has 4 heteroatoms. The fourth-order valence-electron chi connectivity index (χ4n) is 3.76. The highest BCUT2D eigenvalue weighted by molar-refractivity contribution is 5.99. The first kappa shape index (κ1) is 16.0. The van der Waals surface area contributed by atoms with Crippen LogP contribution in [0.5, 0.6) is 0 Å². The number of rotatable bonds is 3. The van der Waals surface area contributed by atoms with E-state index in [1.807, 2.05) is 0 Å². The van der Waals surface area contributed by atoms with Crippen molar-refractivity contribution in [3.63, 3.8) is 0 Å². The van der Waals surface area contributed by atoms with Crippen molar-refractivity contribution in [2.24, 2.45) is 17.1 Å². The Morgan fingerprint density at radius 3 is 2.78 bits per heavy atom. The summed E-state index contributed by atoms with van der Waals surface area (Å²) in [6, 6.07) is 2.20. The molecule has 1 unspecified atom stereocenters. The average molecular weight is 313 g/mol. The molecule has 1 amide bonds. The molecular weight excluding hydrogens is 286 g/mol. The van der Waals surface area contributed by atoms with Crippen molar-refractivity contribution in [3.05, 3.63) is 28.6 Å². The van der Waals surface area contributed by atoms with E-state index in [0.717, 1.165) is 42.3 Å². The molecule has 0 saturated heterocycles. The van der Waals surface area contributed by atoms with Crippen LogP contribution in [-0.4, -0.2) is 15.9 Å². The summed E-state index contributed by atoms with van der Waals surface area (Å²) in [6.45, 7) is 9.05. The number of hydrogen-bond donors (Lipinski definition) is 2. The molecular formula is C19H27N3O. The van der Waals surface area contributed by atoms with Crippen LogP contribution < -0.4 is 5.73 Å². The Morgan fingerprint density at radius 1 is 1.43 bits per heavy atom. The molecule has 0 aliphatic heterocycles. The van der Waals surface area contributed by atoms with Crippen LogP contribution in [0.15, 0.2) is 6.07 Å². The number of carbonyl (C=O) groups is 1. The van der Waals surface area contributed by atoms with Gasteiger partial charge in [0.05, 0.1) is 11.0 Å². The molecule has 3 N–H and O–H groups in total. The van der Waals surface area contributed by atoms with Crippen LogP contribution in [0.3, 0.4) is 0 Å². The first-order valence-electron chi connectivity index (χ1n) is 8.64. The van der Waals surface area contributed by atoms with E-state index >= 15 is 0 Å². The van der Waals surface area contributed by atoms with Gasteiger partial charge in [0, 0.05) is 11.3 Å². The van der Waals surface area contributed by atoms with Gasteiger partial charge < -0.3 is 10.7 Å². The van der Waals surface area contributed by atoms with Crippen LogP contribution in [0, 0.1) is 11.3 Å². The van der Waals surface area contributed by atoms with Crippen molar-refractivity contribution in [1.82, 2.24) is 9.97 Å². The maximum Gasteiger partial charge on any atom is 0.265 e. The van der Waals surface area contributed by atoms with E-state index in [9.17, 15) is 4.79 Å². The number of pyridine rings is 1. The lowest BCUT2D eigenvalue weighted by atomic mass is 9.71. The van der Waals surface area contributed by atoms with Crippen molar-refractivity contribution < 1.29 is 4.79 Å². The third-order valence-corrected chi connectivity index (χ3v) is 5.21. The van der Waals surface area contributed by atoms with E-state index in [1.54, 1.807) is 0 Å². The quantitative estimate of drug-likeness (QED) is 0.905. The van der Waals surface area contributed by atoms with Crippen molar-refractivity contribution in [2.75, 3.05) is 0 Å². The molecule has 0 spiro atoms. The Labute approximate surface area is 137 Å². The number of aromatic nitrogens is 2. The summed E-state index contributed by atoms with van der Waals surface area (Å²) in [5.74, 6) is 0.284. The van der Waals surface area contributed by atoms with Crippen LogP contribution in [0.25, 0.3) is 11.0 Å². The van der Waals surface area contributed by atoms with Crippen molar-refractivity contribution in [3.8, 4) is 0 Å². The number of hydrogen-bond acceptors (Lipinski definition) is 2. The molecule has 0 fully saturated rings. The van der Waals surface area contributed by atoms with Gasteiger partial charge in [0.2, 0.25) is 0 Å². The summed E-state index contributed by atoms with van der Waals surface area (Å²) >= 11 is 0. The average Bonchev–Trinajstić information content (AvgIpc) is 2.82. The molecule has 1 atom stereocenters. The smallest absolute Gasteiger partial charge is 0.265 e. The summed E-state index contributed by atoms with van der Waals surface area (Å²) in [5.41, 5.74) is 11.8. The lowest BCUT2D eigenvalue weighted by Gasteiger charge is -2.34. The maximum absolute atomic E-state index is 11.7. The van der Waals surface area contributed by atoms with E-state index in [-0.39, 0.29) is 0 Å². The second-order valence-corrected chi connectivity index (χ2v) is 7.89. The van der Waals surface area contributed by atoms with Crippen molar-refractivity contribution >= 4 is 16.9 Å². The predicted octanol–water partition coefficient (Wildman–Crippen LogP) is 3.77. The maximum atomic E-state index is 11.7. The molecule has 2 heterocycles. The van der Waals surface area contributed by atoms with Gasteiger partial charge in [-0.2, -0.15) is 0 Å². The number of nitrogens with two attached hydrogens (primary N) is 1. The number of aryl methyl sites for hydroxylation is 2. The van der Waals surface area contributed by atoms with Crippen LogP contribution >= 0.6 is 0 Å². The highest BCUT2D eigenvalue weighted by Gasteiger charge is 2.30. The van der Waals surface area contributed by atoms with Gasteiger partial charge in [0.15, 0.2) is 0 Å². The van der Waals surface area contributed by atoms with E-state index in [0.29, 0.717) is 17.0 Å². The molecule has 4 nitrogen and oxygen atoms in total. The molecule has 2 aromatic rings. The number of nitrogens with one attached hydrogen (secondary N) is 1. The Kier molecular flexibility index (Phi) is 3.95. The number of primary amides is 1. The zero-order valence-corrected chi connectivity index (χ0v) is 14.6. The number of carbonyl (C=O) groups excluding carboxylic acids is 1. The Bertz CT molecular complexity index is 752. The lowest BCUT2D eigenvalue weighted by molar-refractivity contribution is 0.0995. The van der Waals surface area contributed by atoms with E-state index < -0.39 is 5.91 Å². The molecule has 0 bridgehead atoms. The monoisotopic (exact) mass is 313 g/mol. The first-order valence-corrected chi connectivity index (χ1v) is 8.64. The number of aromatic amines is 1. The normalized spacial score (nSPS) is 18.2. The molecule has 0 aromatic carbocycles. The molecule has 1 aliphatic carbocycles. The van der Waals surface area contributed by atoms with Gasteiger partial charge in [-0.25, -0.2) is 0 Å². The van der Waals surface area contributed by atoms with Gasteiger partial charge in [-0.1, -0.05) is 34.1 Å². The zero-order chi connectivity index (χ0) is 16.8. The van der Waals surface area contributed by atoms with E-state index in [4.69, 9.17) is 10.7 Å². The molecule has 1 aliphatic rings. The standard InChI is InChI=1S/C19H27N3O/c1-5-6-13-16-15(22-17(13)18(20)23)10-11-9-12(19(2,3)4)7-8-14(11)21-16/h10,12,22H,5-9H2,1-4H3,(H2,20,23). The number of nitrogens with zero attached hydrogens (tertiary/aromatic N) is 1. The Morgan fingerprint density at radius 2 is 2.17 bits per heavy atom. The minimum absolute atomic E-state index is 0.314. The SMILES string of the molecule is CCCc1c(C(N)=O)[nH]c2cc3c(nc12)CCC(C(C)(C)C)C3. The van der Waals surface area contributed by atoms with Crippen LogP contribution in [0.4, 0.5) is 0 Å². The third kappa shape index (κ3) is 2.87. The van der Waals surface area contributed by atoms with Gasteiger partial charge in [-0.05, 0) is 48.6 Å². The van der Waals surface area contributed by atoms with Gasteiger partial charge in [0.1, 0.15) is 5.69 Å². The number of fused-ring (bicyclic) bond motifs is 2. The van der Waals surface area contributed by atoms with Gasteiger partial charge in [-0.3, -0.25) is 9.78 Å². The molecule has 3 rings (SSSR count). The topological polar surface area (TPSA) is 71.8 Å². The second-order valence-electron chi connectivity index (χ2n) is 7.89. The fourth-order valence-corrected chi connectivity index (χ4v) is 3.76. The van der Waals surface area contributed by atoms with Gasteiger partial charge in [0.25, 0.3) is 5.91 Å². The zero-order valence-electron chi connectivity index (χ0n) is 14.6. The van der Waals surface area contributed by atoms with Gasteiger partial charge in [-0.15, -0.1) is 0 Å². The fraction of sp³-hybridized carbons (Fsp3) is 0.579. The number of amides is 1. The van der Waals surface area contributed by atoms with Gasteiger partial charge >= 0.3 is 0 Å². The highest BCUT2D eigenvalue weighted by Crippen LogP contribution is 2.38. The van der Waals surface area contributed by atoms with Crippen LogP contribution in [0.2, 0.25) is 0 Å². The third-order valence-electron chi connectivity index (χ3n) is 5.21. The summed E-state index contributed by atoms with van der Waals surface area (Å²) in [6.07, 6.45) is 5.07. The van der Waals surface area contributed by atoms with Crippen LogP contribution in [-0.2, 0) is 19.3 Å². The minimum atomic E-state index is -0.392.